The summed E-state index contributed by atoms with van der Waals surface area (Å²) in [6.45, 7) is 0. The summed E-state index contributed by atoms with van der Waals surface area (Å²) in [6.07, 6.45) is 1.95. The molecule has 1 saturated carbocycles. The lowest BCUT2D eigenvalue weighted by molar-refractivity contribution is 0.0951. The van der Waals surface area contributed by atoms with Gasteiger partial charge >= 0.3 is 0 Å². The standard InChI is InChI=1S/C12H16N2O4S/c1-13-19(16,17)11-7-8(3-6-10(11)18-2)12(15)14-9-4-5-9/h3,6-7,9,13H,4-5H2,1-2H3,(H,14,15). The van der Waals surface area contributed by atoms with Crippen LogP contribution >= 0.6 is 0 Å². The molecule has 2 rings (SSSR count). The average Bonchev–Trinajstić information content (AvgIpc) is 3.21. The quantitative estimate of drug-likeness (QED) is 0.824. The Morgan fingerprint density at radius 3 is 2.58 bits per heavy atom. The van der Waals surface area contributed by atoms with Gasteiger partial charge in [0.05, 0.1) is 7.11 Å². The molecular formula is C12H16N2O4S. The predicted octanol–water partition coefficient (Wildman–Crippen LogP) is 0.495. The lowest BCUT2D eigenvalue weighted by atomic mass is 10.2. The minimum Gasteiger partial charge on any atom is -0.495 e. The first kappa shape index (κ1) is 13.8. The Labute approximate surface area is 112 Å². The van der Waals surface area contributed by atoms with Gasteiger partial charge < -0.3 is 10.1 Å². The second-order valence-electron chi connectivity index (χ2n) is 4.32. The molecule has 0 aliphatic heterocycles. The molecule has 0 heterocycles. The fraction of sp³-hybridized carbons (Fsp3) is 0.417. The molecule has 0 spiro atoms. The smallest absolute Gasteiger partial charge is 0.251 e. The van der Waals surface area contributed by atoms with Crippen molar-refractivity contribution in [2.75, 3.05) is 14.2 Å². The summed E-state index contributed by atoms with van der Waals surface area (Å²) in [7, 11) is -0.971. The van der Waals surface area contributed by atoms with Crippen LogP contribution in [0.5, 0.6) is 5.75 Å². The zero-order valence-corrected chi connectivity index (χ0v) is 11.6. The molecule has 0 radical (unpaired) electrons. The van der Waals surface area contributed by atoms with E-state index < -0.39 is 10.0 Å². The SMILES string of the molecule is CNS(=O)(=O)c1cc(C(=O)NC2CC2)ccc1OC. The van der Waals surface area contributed by atoms with E-state index >= 15 is 0 Å². The van der Waals surface area contributed by atoms with Gasteiger partial charge in [0.2, 0.25) is 10.0 Å². The Morgan fingerprint density at radius 1 is 1.37 bits per heavy atom. The molecule has 1 aromatic rings. The van der Waals surface area contributed by atoms with E-state index in [2.05, 4.69) is 10.0 Å². The lowest BCUT2D eigenvalue weighted by Gasteiger charge is -2.10. The second-order valence-corrected chi connectivity index (χ2v) is 6.18. The van der Waals surface area contributed by atoms with Gasteiger partial charge in [-0.1, -0.05) is 0 Å². The van der Waals surface area contributed by atoms with E-state index in [9.17, 15) is 13.2 Å². The van der Waals surface area contributed by atoms with Crippen molar-refractivity contribution >= 4 is 15.9 Å². The van der Waals surface area contributed by atoms with Crippen molar-refractivity contribution in [1.82, 2.24) is 10.0 Å². The number of hydrogen-bond acceptors (Lipinski definition) is 4. The Kier molecular flexibility index (Phi) is 3.77. The number of carbonyl (C=O) groups is 1. The predicted molar refractivity (Wildman–Crippen MR) is 69.7 cm³/mol. The summed E-state index contributed by atoms with van der Waals surface area (Å²) >= 11 is 0. The molecule has 0 unspecified atom stereocenters. The van der Waals surface area contributed by atoms with Crippen LogP contribution in [0.4, 0.5) is 0 Å². The Hall–Kier alpha value is -1.60. The molecule has 2 N–H and O–H groups in total. The van der Waals surface area contributed by atoms with Gasteiger partial charge in [0.1, 0.15) is 10.6 Å². The van der Waals surface area contributed by atoms with Crippen molar-refractivity contribution in [2.24, 2.45) is 0 Å². The monoisotopic (exact) mass is 284 g/mol. The van der Waals surface area contributed by atoms with Gasteiger partial charge in [0.15, 0.2) is 0 Å². The largest absolute Gasteiger partial charge is 0.495 e. The van der Waals surface area contributed by atoms with Crippen LogP contribution < -0.4 is 14.8 Å². The Bertz CT molecular complexity index is 594. The van der Waals surface area contributed by atoms with Crippen LogP contribution in [-0.4, -0.2) is 34.5 Å². The molecule has 1 amide bonds. The highest BCUT2D eigenvalue weighted by Crippen LogP contribution is 2.25. The zero-order valence-electron chi connectivity index (χ0n) is 10.8. The zero-order chi connectivity index (χ0) is 14.0. The molecule has 1 aliphatic rings. The lowest BCUT2D eigenvalue weighted by Crippen LogP contribution is -2.26. The Morgan fingerprint density at radius 2 is 2.05 bits per heavy atom. The second kappa shape index (κ2) is 5.18. The van der Waals surface area contributed by atoms with E-state index in [4.69, 9.17) is 4.74 Å². The van der Waals surface area contributed by atoms with Crippen molar-refractivity contribution in [3.05, 3.63) is 23.8 Å². The number of carbonyl (C=O) groups excluding carboxylic acids is 1. The highest BCUT2D eigenvalue weighted by Gasteiger charge is 2.25. The van der Waals surface area contributed by atoms with Gasteiger partial charge in [-0.25, -0.2) is 13.1 Å². The summed E-state index contributed by atoms with van der Waals surface area (Å²) in [5, 5.41) is 2.81. The maximum absolute atomic E-state index is 11.9. The molecule has 6 nitrogen and oxygen atoms in total. The minimum atomic E-state index is -3.66. The van der Waals surface area contributed by atoms with Crippen molar-refractivity contribution in [1.29, 1.82) is 0 Å². The molecule has 1 fully saturated rings. The molecular weight excluding hydrogens is 268 g/mol. The van der Waals surface area contributed by atoms with Gasteiger partial charge in [-0.2, -0.15) is 0 Å². The fourth-order valence-electron chi connectivity index (χ4n) is 1.63. The highest BCUT2D eigenvalue weighted by molar-refractivity contribution is 7.89. The highest BCUT2D eigenvalue weighted by atomic mass is 32.2. The van der Waals surface area contributed by atoms with Crippen LogP contribution in [0.2, 0.25) is 0 Å². The third-order valence-corrected chi connectivity index (χ3v) is 4.33. The number of nitrogens with one attached hydrogen (secondary N) is 2. The molecule has 0 atom stereocenters. The van der Waals surface area contributed by atoms with E-state index in [1.165, 1.54) is 26.3 Å². The molecule has 0 aromatic heterocycles. The van der Waals surface area contributed by atoms with E-state index in [0.717, 1.165) is 12.8 Å². The summed E-state index contributed by atoms with van der Waals surface area (Å²) in [4.78, 5) is 11.9. The van der Waals surface area contributed by atoms with Crippen LogP contribution in [-0.2, 0) is 10.0 Å². The van der Waals surface area contributed by atoms with Crippen molar-refractivity contribution in [2.45, 2.75) is 23.8 Å². The summed E-state index contributed by atoms with van der Waals surface area (Å²) in [5.41, 5.74) is 0.307. The first-order valence-electron chi connectivity index (χ1n) is 5.90. The average molecular weight is 284 g/mol. The van der Waals surface area contributed by atoms with E-state index in [-0.39, 0.29) is 22.6 Å². The van der Waals surface area contributed by atoms with Crippen LogP contribution in [0, 0.1) is 0 Å². The van der Waals surface area contributed by atoms with E-state index in [1.807, 2.05) is 0 Å². The van der Waals surface area contributed by atoms with Gasteiger partial charge in [-0.3, -0.25) is 4.79 Å². The number of rotatable bonds is 5. The minimum absolute atomic E-state index is 0.0408. The molecule has 104 valence electrons. The number of sulfonamides is 1. The number of benzene rings is 1. The maximum Gasteiger partial charge on any atom is 0.251 e. The van der Waals surface area contributed by atoms with E-state index in [0.29, 0.717) is 5.56 Å². The fourth-order valence-corrected chi connectivity index (χ4v) is 2.55. The van der Waals surface area contributed by atoms with Gasteiger partial charge in [0, 0.05) is 11.6 Å². The van der Waals surface area contributed by atoms with Gasteiger partial charge in [-0.15, -0.1) is 0 Å². The summed E-state index contributed by atoms with van der Waals surface area (Å²) < 4.78 is 31.0. The van der Waals surface area contributed by atoms with Crippen molar-refractivity contribution in [3.8, 4) is 5.75 Å². The summed E-state index contributed by atoms with van der Waals surface area (Å²) in [6, 6.07) is 4.57. The third-order valence-electron chi connectivity index (χ3n) is 2.90. The topological polar surface area (TPSA) is 84.5 Å². The Balaban J connectivity index is 2.37. The first-order valence-corrected chi connectivity index (χ1v) is 7.38. The van der Waals surface area contributed by atoms with Crippen molar-refractivity contribution < 1.29 is 17.9 Å². The summed E-state index contributed by atoms with van der Waals surface area (Å²) in [5.74, 6) is -0.0602. The number of ether oxygens (including phenoxy) is 1. The van der Waals surface area contributed by atoms with Crippen LogP contribution in [0.3, 0.4) is 0 Å². The number of methoxy groups -OCH3 is 1. The molecule has 0 saturated heterocycles. The van der Waals surface area contributed by atoms with Crippen molar-refractivity contribution in [3.63, 3.8) is 0 Å². The van der Waals surface area contributed by atoms with Gasteiger partial charge in [-0.05, 0) is 38.1 Å². The number of amides is 1. The number of hydrogen-bond donors (Lipinski definition) is 2. The van der Waals surface area contributed by atoms with E-state index in [1.54, 1.807) is 6.07 Å². The van der Waals surface area contributed by atoms with Crippen LogP contribution in [0.1, 0.15) is 23.2 Å². The van der Waals surface area contributed by atoms with Crippen LogP contribution in [0.25, 0.3) is 0 Å². The molecule has 0 bridgehead atoms. The normalized spacial score (nSPS) is 15.1. The van der Waals surface area contributed by atoms with Gasteiger partial charge in [0.25, 0.3) is 5.91 Å². The van der Waals surface area contributed by atoms with Crippen LogP contribution in [0.15, 0.2) is 23.1 Å². The molecule has 7 heteroatoms. The molecule has 1 aromatic carbocycles. The maximum atomic E-state index is 11.9. The molecule has 19 heavy (non-hydrogen) atoms. The molecule has 1 aliphatic carbocycles. The third kappa shape index (κ3) is 3.05. The first-order chi connectivity index (χ1) is 8.97.